The van der Waals surface area contributed by atoms with E-state index in [0.29, 0.717) is 9.90 Å². The number of nitro groups is 1. The second-order valence-electron chi connectivity index (χ2n) is 6.44. The maximum absolute atomic E-state index is 13.0. The molecule has 0 saturated carbocycles. The number of anilines is 2. The van der Waals surface area contributed by atoms with Crippen molar-refractivity contribution in [3.8, 4) is 0 Å². The minimum absolute atomic E-state index is 0.0184. The SMILES string of the molecule is CC[C@H](C(=O)Nc1nnc(SCC(=O)OC)s1)N(c1cc([N+](=O)[O-])ccc1C)S(C)(=O)=O. The van der Waals surface area contributed by atoms with Crippen molar-refractivity contribution in [3.05, 3.63) is 33.9 Å². The molecular weight excluding hydrogens is 482 g/mol. The Hall–Kier alpha value is -2.78. The molecule has 0 unspecified atom stereocenters. The topological polar surface area (TPSA) is 162 Å². The number of aromatic nitrogens is 2. The average molecular weight is 504 g/mol. The summed E-state index contributed by atoms with van der Waals surface area (Å²) in [6.07, 6.45) is 1.01. The van der Waals surface area contributed by atoms with Crippen molar-refractivity contribution in [1.82, 2.24) is 10.2 Å². The number of thioether (sulfide) groups is 1. The van der Waals surface area contributed by atoms with E-state index in [1.807, 2.05) is 0 Å². The number of benzene rings is 1. The highest BCUT2D eigenvalue weighted by Gasteiger charge is 2.33. The average Bonchev–Trinajstić information content (AvgIpc) is 3.16. The Morgan fingerprint density at radius 2 is 2.06 bits per heavy atom. The van der Waals surface area contributed by atoms with E-state index in [-0.39, 0.29) is 28.7 Å². The molecule has 15 heteroatoms. The quantitative estimate of drug-likeness (QED) is 0.167. The van der Waals surface area contributed by atoms with E-state index in [1.54, 1.807) is 13.8 Å². The molecule has 1 aromatic carbocycles. The number of aryl methyl sites for hydroxylation is 1. The lowest BCUT2D eigenvalue weighted by Crippen LogP contribution is -2.47. The van der Waals surface area contributed by atoms with Crippen molar-refractivity contribution < 1.29 is 27.7 Å². The molecule has 174 valence electrons. The Morgan fingerprint density at radius 1 is 1.38 bits per heavy atom. The van der Waals surface area contributed by atoms with Gasteiger partial charge >= 0.3 is 5.97 Å². The fraction of sp³-hybridized carbons (Fsp3) is 0.412. The van der Waals surface area contributed by atoms with E-state index in [4.69, 9.17) is 0 Å². The summed E-state index contributed by atoms with van der Waals surface area (Å²) < 4.78 is 31.0. The first-order valence-electron chi connectivity index (χ1n) is 9.06. The second-order valence-corrected chi connectivity index (χ2v) is 10.5. The summed E-state index contributed by atoms with van der Waals surface area (Å²) in [4.78, 5) is 34.7. The fourth-order valence-electron chi connectivity index (χ4n) is 2.67. The van der Waals surface area contributed by atoms with Crippen LogP contribution < -0.4 is 9.62 Å². The van der Waals surface area contributed by atoms with E-state index in [1.165, 1.54) is 19.2 Å². The number of nitrogens with zero attached hydrogens (tertiary/aromatic N) is 4. The number of nitro benzene ring substituents is 1. The Morgan fingerprint density at radius 3 is 2.62 bits per heavy atom. The van der Waals surface area contributed by atoms with Crippen molar-refractivity contribution in [2.24, 2.45) is 0 Å². The second kappa shape index (κ2) is 10.7. The van der Waals surface area contributed by atoms with Crippen LogP contribution in [0.5, 0.6) is 0 Å². The number of ether oxygens (including phenoxy) is 1. The molecule has 1 heterocycles. The first kappa shape index (κ1) is 25.5. The van der Waals surface area contributed by atoms with Gasteiger partial charge in [0.15, 0.2) is 4.34 Å². The monoisotopic (exact) mass is 503 g/mol. The van der Waals surface area contributed by atoms with Gasteiger partial charge in [-0.1, -0.05) is 36.1 Å². The Balaban J connectivity index is 2.32. The molecule has 0 saturated heterocycles. The fourth-order valence-corrected chi connectivity index (χ4v) is 5.52. The Kier molecular flexibility index (Phi) is 8.51. The van der Waals surface area contributed by atoms with Gasteiger partial charge in [0, 0.05) is 12.1 Å². The maximum Gasteiger partial charge on any atom is 0.316 e. The lowest BCUT2D eigenvalue weighted by Gasteiger charge is -2.30. The van der Waals surface area contributed by atoms with Gasteiger partial charge in [0.05, 0.1) is 29.7 Å². The molecule has 0 bridgehead atoms. The molecule has 2 rings (SSSR count). The van der Waals surface area contributed by atoms with Gasteiger partial charge in [-0.2, -0.15) is 0 Å². The molecule has 1 aromatic heterocycles. The summed E-state index contributed by atoms with van der Waals surface area (Å²) in [6.45, 7) is 3.21. The highest BCUT2D eigenvalue weighted by atomic mass is 32.2. The van der Waals surface area contributed by atoms with Gasteiger partial charge in [-0.15, -0.1) is 10.2 Å². The van der Waals surface area contributed by atoms with Crippen LogP contribution in [0.25, 0.3) is 0 Å². The number of carbonyl (C=O) groups is 2. The van der Waals surface area contributed by atoms with Gasteiger partial charge in [0.1, 0.15) is 6.04 Å². The number of amides is 1. The zero-order valence-electron chi connectivity index (χ0n) is 17.6. The van der Waals surface area contributed by atoms with Crippen LogP contribution in [-0.2, 0) is 24.3 Å². The lowest BCUT2D eigenvalue weighted by atomic mass is 10.1. The molecular formula is C17H21N5O7S3. The van der Waals surface area contributed by atoms with Crippen LogP contribution in [0.2, 0.25) is 0 Å². The van der Waals surface area contributed by atoms with Crippen molar-refractivity contribution in [2.45, 2.75) is 30.6 Å². The number of nitrogens with one attached hydrogen (secondary N) is 1. The van der Waals surface area contributed by atoms with E-state index in [9.17, 15) is 28.1 Å². The van der Waals surface area contributed by atoms with Gasteiger partial charge in [-0.05, 0) is 18.9 Å². The number of rotatable bonds is 10. The van der Waals surface area contributed by atoms with Crippen molar-refractivity contribution >= 4 is 61.5 Å². The molecule has 0 aliphatic heterocycles. The number of sulfonamides is 1. The molecule has 0 spiro atoms. The summed E-state index contributed by atoms with van der Waals surface area (Å²) >= 11 is 2.09. The number of esters is 1. The predicted octanol–water partition coefficient (Wildman–Crippen LogP) is 2.20. The standard InChI is InChI=1S/C17H21N5O7S3/c1-5-12(15(24)18-16-19-20-17(31-16)30-9-14(23)29-3)21(32(4,27)28)13-8-11(22(25)26)7-6-10(13)2/h6-8,12H,5,9H2,1-4H3,(H,18,19,24)/t12-/m1/s1. The van der Waals surface area contributed by atoms with Gasteiger partial charge in [-0.25, -0.2) is 8.42 Å². The summed E-state index contributed by atoms with van der Waals surface area (Å²) in [6, 6.07) is 2.61. The van der Waals surface area contributed by atoms with E-state index in [0.717, 1.165) is 39.7 Å². The number of carbonyl (C=O) groups excluding carboxylic acids is 2. The summed E-state index contributed by atoms with van der Waals surface area (Å²) in [5, 5.41) is 21.5. The van der Waals surface area contributed by atoms with Crippen LogP contribution in [0.4, 0.5) is 16.5 Å². The van der Waals surface area contributed by atoms with Crippen LogP contribution >= 0.6 is 23.1 Å². The Labute approximate surface area is 192 Å². The molecule has 12 nitrogen and oxygen atoms in total. The van der Waals surface area contributed by atoms with Crippen LogP contribution in [0, 0.1) is 17.0 Å². The Bertz CT molecular complexity index is 1120. The highest BCUT2D eigenvalue weighted by Crippen LogP contribution is 2.31. The van der Waals surface area contributed by atoms with Crippen molar-refractivity contribution in [1.29, 1.82) is 0 Å². The molecule has 0 aliphatic carbocycles. The maximum atomic E-state index is 13.0. The summed E-state index contributed by atoms with van der Waals surface area (Å²) in [5.41, 5.74) is 0.186. The lowest BCUT2D eigenvalue weighted by molar-refractivity contribution is -0.384. The van der Waals surface area contributed by atoms with E-state index in [2.05, 4.69) is 20.3 Å². The molecule has 0 fully saturated rings. The minimum Gasteiger partial charge on any atom is -0.468 e. The van der Waals surface area contributed by atoms with Gasteiger partial charge in [0.25, 0.3) is 5.69 Å². The van der Waals surface area contributed by atoms with Crippen LogP contribution in [0.1, 0.15) is 18.9 Å². The molecule has 32 heavy (non-hydrogen) atoms. The van der Waals surface area contributed by atoms with Crippen molar-refractivity contribution in [2.75, 3.05) is 28.7 Å². The third kappa shape index (κ3) is 6.37. The summed E-state index contributed by atoms with van der Waals surface area (Å²) in [5.74, 6) is -1.10. The molecule has 1 atom stereocenters. The zero-order chi connectivity index (χ0) is 24.1. The normalized spacial score (nSPS) is 12.1. The molecule has 1 N–H and O–H groups in total. The predicted molar refractivity (Wildman–Crippen MR) is 121 cm³/mol. The number of hydrogen-bond acceptors (Lipinski definition) is 11. The van der Waals surface area contributed by atoms with Crippen LogP contribution in [-0.4, -0.2) is 60.6 Å². The van der Waals surface area contributed by atoms with Gasteiger partial charge in [-0.3, -0.25) is 29.3 Å². The van der Waals surface area contributed by atoms with Gasteiger partial charge in [0.2, 0.25) is 21.1 Å². The molecule has 1 amide bonds. The van der Waals surface area contributed by atoms with E-state index >= 15 is 0 Å². The largest absolute Gasteiger partial charge is 0.468 e. The first-order valence-corrected chi connectivity index (χ1v) is 12.7. The highest BCUT2D eigenvalue weighted by molar-refractivity contribution is 8.01. The number of hydrogen-bond donors (Lipinski definition) is 1. The van der Waals surface area contributed by atoms with E-state index < -0.39 is 32.9 Å². The zero-order valence-corrected chi connectivity index (χ0v) is 20.0. The minimum atomic E-state index is -3.99. The first-order chi connectivity index (χ1) is 15.0. The number of methoxy groups -OCH3 is 1. The van der Waals surface area contributed by atoms with Gasteiger partial charge < -0.3 is 4.74 Å². The third-order valence-electron chi connectivity index (χ3n) is 4.15. The summed E-state index contributed by atoms with van der Waals surface area (Å²) in [7, 11) is -2.73. The third-order valence-corrected chi connectivity index (χ3v) is 7.26. The molecule has 0 radical (unpaired) electrons. The number of non-ortho nitro benzene ring substituents is 1. The molecule has 2 aromatic rings. The van der Waals surface area contributed by atoms with Crippen LogP contribution in [0.15, 0.2) is 22.5 Å². The van der Waals surface area contributed by atoms with Crippen LogP contribution in [0.3, 0.4) is 0 Å². The smallest absolute Gasteiger partial charge is 0.316 e. The van der Waals surface area contributed by atoms with Crippen molar-refractivity contribution in [3.63, 3.8) is 0 Å². The molecule has 0 aliphatic rings.